The van der Waals surface area contributed by atoms with Gasteiger partial charge in [-0.3, -0.25) is 0 Å². The number of para-hydroxylation sites is 1. The number of nitrogens with zero attached hydrogens (tertiary/aromatic N) is 1. The van der Waals surface area contributed by atoms with Crippen molar-refractivity contribution >= 4 is 21.8 Å². The topological polar surface area (TPSA) is 4.93 Å². The molecule has 0 fully saturated rings. The zero-order chi connectivity index (χ0) is 15.1. The third-order valence-electron chi connectivity index (χ3n) is 4.51. The molecule has 4 rings (SSSR count). The number of hydrogen-bond donors (Lipinski definition) is 0. The Labute approximate surface area is 130 Å². The van der Waals surface area contributed by atoms with Crippen molar-refractivity contribution in [3.8, 4) is 0 Å². The summed E-state index contributed by atoms with van der Waals surface area (Å²) in [5.74, 6) is 0. The summed E-state index contributed by atoms with van der Waals surface area (Å²) in [7, 11) is 0. The molecule has 0 atom stereocenters. The predicted molar refractivity (Wildman–Crippen MR) is 94.5 cm³/mol. The molecular weight excluding hydrogens is 266 g/mol. The first kappa shape index (κ1) is 13.1. The molecule has 0 bridgehead atoms. The van der Waals surface area contributed by atoms with E-state index >= 15 is 0 Å². The Morgan fingerprint density at radius 1 is 0.727 bits per heavy atom. The van der Waals surface area contributed by atoms with E-state index in [2.05, 4.69) is 85.1 Å². The lowest BCUT2D eigenvalue weighted by Gasteiger charge is -2.10. The first-order chi connectivity index (χ1) is 10.8. The van der Waals surface area contributed by atoms with Crippen molar-refractivity contribution in [2.75, 3.05) is 0 Å². The van der Waals surface area contributed by atoms with Crippen molar-refractivity contribution in [3.63, 3.8) is 0 Å². The van der Waals surface area contributed by atoms with Gasteiger partial charge in [0.2, 0.25) is 0 Å². The highest BCUT2D eigenvalue weighted by atomic mass is 15.0. The lowest BCUT2D eigenvalue weighted by atomic mass is 10.0. The first-order valence-electron chi connectivity index (χ1n) is 7.77. The van der Waals surface area contributed by atoms with Crippen molar-refractivity contribution < 1.29 is 0 Å². The van der Waals surface area contributed by atoms with Gasteiger partial charge in [-0.1, -0.05) is 60.7 Å². The van der Waals surface area contributed by atoms with Crippen LogP contribution in [0.2, 0.25) is 0 Å². The normalized spacial score (nSPS) is 11.4. The summed E-state index contributed by atoms with van der Waals surface area (Å²) in [5, 5.41) is 2.75. The van der Waals surface area contributed by atoms with Gasteiger partial charge < -0.3 is 4.57 Å². The van der Waals surface area contributed by atoms with Crippen LogP contribution in [0, 0.1) is 13.8 Å². The summed E-state index contributed by atoms with van der Waals surface area (Å²) in [6, 6.07) is 23.9. The molecule has 0 aliphatic carbocycles. The number of aromatic nitrogens is 1. The predicted octanol–water partition coefficient (Wildman–Crippen LogP) is 5.46. The van der Waals surface area contributed by atoms with Crippen LogP contribution in [0.4, 0.5) is 0 Å². The third kappa shape index (κ3) is 1.93. The maximum absolute atomic E-state index is 2.46. The van der Waals surface area contributed by atoms with E-state index in [0.717, 1.165) is 6.54 Å². The molecule has 0 N–H and O–H groups in total. The van der Waals surface area contributed by atoms with Gasteiger partial charge in [0.25, 0.3) is 0 Å². The molecule has 1 nitrogen and oxygen atoms in total. The molecule has 22 heavy (non-hydrogen) atoms. The number of benzene rings is 3. The van der Waals surface area contributed by atoms with Gasteiger partial charge in [0.15, 0.2) is 0 Å². The highest BCUT2D eigenvalue weighted by Gasteiger charge is 2.14. The average Bonchev–Trinajstić information content (AvgIpc) is 2.88. The van der Waals surface area contributed by atoms with Crippen LogP contribution >= 0.6 is 0 Å². The summed E-state index contributed by atoms with van der Waals surface area (Å²) >= 11 is 0. The Hall–Kier alpha value is -2.54. The SMILES string of the molecule is Cc1ccc(C)c2c1c1ccccc1n2Cc1ccccc1. The molecule has 0 spiro atoms. The highest BCUT2D eigenvalue weighted by molar-refractivity contribution is 6.10. The lowest BCUT2D eigenvalue weighted by Crippen LogP contribution is -2.00. The van der Waals surface area contributed by atoms with Crippen molar-refractivity contribution in [2.24, 2.45) is 0 Å². The van der Waals surface area contributed by atoms with Gasteiger partial charge in [0.05, 0.1) is 5.52 Å². The van der Waals surface area contributed by atoms with Crippen LogP contribution in [0.5, 0.6) is 0 Å². The van der Waals surface area contributed by atoms with Crippen molar-refractivity contribution in [1.29, 1.82) is 0 Å². The van der Waals surface area contributed by atoms with Gasteiger partial charge in [-0.2, -0.15) is 0 Å². The van der Waals surface area contributed by atoms with Gasteiger partial charge in [-0.15, -0.1) is 0 Å². The molecule has 0 saturated heterocycles. The van der Waals surface area contributed by atoms with Crippen LogP contribution in [-0.4, -0.2) is 4.57 Å². The molecule has 3 aromatic carbocycles. The number of fused-ring (bicyclic) bond motifs is 3. The van der Waals surface area contributed by atoms with Crippen LogP contribution in [0.3, 0.4) is 0 Å². The van der Waals surface area contributed by atoms with Crippen LogP contribution in [-0.2, 0) is 6.54 Å². The standard InChI is InChI=1S/C21H19N/c1-15-12-13-16(2)21-20(15)18-10-6-7-11-19(18)22(21)14-17-8-4-3-5-9-17/h3-13H,14H2,1-2H3. The van der Waals surface area contributed by atoms with E-state index < -0.39 is 0 Å². The second kappa shape index (κ2) is 5.03. The minimum atomic E-state index is 0.912. The van der Waals surface area contributed by atoms with E-state index in [1.54, 1.807) is 0 Å². The molecule has 0 aliphatic rings. The molecule has 1 heteroatoms. The van der Waals surface area contributed by atoms with Crippen LogP contribution in [0.15, 0.2) is 66.7 Å². The molecule has 0 aliphatic heterocycles. The summed E-state index contributed by atoms with van der Waals surface area (Å²) < 4.78 is 2.46. The Morgan fingerprint density at radius 3 is 2.23 bits per heavy atom. The lowest BCUT2D eigenvalue weighted by molar-refractivity contribution is 0.866. The second-order valence-electron chi connectivity index (χ2n) is 6.01. The molecule has 108 valence electrons. The van der Waals surface area contributed by atoms with Crippen LogP contribution in [0.1, 0.15) is 16.7 Å². The van der Waals surface area contributed by atoms with E-state index in [4.69, 9.17) is 0 Å². The maximum atomic E-state index is 2.46. The largest absolute Gasteiger partial charge is 0.336 e. The van der Waals surface area contributed by atoms with Crippen LogP contribution in [0.25, 0.3) is 21.8 Å². The third-order valence-corrected chi connectivity index (χ3v) is 4.51. The summed E-state index contributed by atoms with van der Waals surface area (Å²) in [6.45, 7) is 5.33. The molecular formula is C21H19N. The monoisotopic (exact) mass is 285 g/mol. The van der Waals surface area contributed by atoms with Crippen molar-refractivity contribution in [3.05, 3.63) is 83.4 Å². The summed E-state index contributed by atoms with van der Waals surface area (Å²) in [5.41, 5.74) is 6.71. The Kier molecular flexibility index (Phi) is 3.00. The molecule has 1 aromatic heterocycles. The van der Waals surface area contributed by atoms with E-state index in [-0.39, 0.29) is 0 Å². The summed E-state index contributed by atoms with van der Waals surface area (Å²) in [4.78, 5) is 0. The Bertz CT molecular complexity index is 961. The second-order valence-corrected chi connectivity index (χ2v) is 6.01. The fourth-order valence-electron chi connectivity index (χ4n) is 3.46. The van der Waals surface area contributed by atoms with Gasteiger partial charge in [0, 0.05) is 22.8 Å². The van der Waals surface area contributed by atoms with Gasteiger partial charge >= 0.3 is 0 Å². The zero-order valence-electron chi connectivity index (χ0n) is 13.0. The summed E-state index contributed by atoms with van der Waals surface area (Å²) in [6.07, 6.45) is 0. The van der Waals surface area contributed by atoms with Gasteiger partial charge in [-0.25, -0.2) is 0 Å². The number of hydrogen-bond acceptors (Lipinski definition) is 0. The maximum Gasteiger partial charge on any atom is 0.0526 e. The average molecular weight is 285 g/mol. The van der Waals surface area contributed by atoms with E-state index in [0.29, 0.717) is 0 Å². The van der Waals surface area contributed by atoms with Crippen molar-refractivity contribution in [2.45, 2.75) is 20.4 Å². The Morgan fingerprint density at radius 2 is 1.41 bits per heavy atom. The molecule has 4 aromatic rings. The zero-order valence-corrected chi connectivity index (χ0v) is 13.0. The molecule has 0 amide bonds. The van der Waals surface area contributed by atoms with Crippen LogP contribution < -0.4 is 0 Å². The number of rotatable bonds is 2. The Balaban J connectivity index is 2.09. The van der Waals surface area contributed by atoms with E-state index in [1.165, 1.54) is 38.5 Å². The fourth-order valence-corrected chi connectivity index (χ4v) is 3.46. The molecule has 0 radical (unpaired) electrons. The molecule has 1 heterocycles. The van der Waals surface area contributed by atoms with Gasteiger partial charge in [-0.05, 0) is 36.6 Å². The quantitative estimate of drug-likeness (QED) is 0.461. The van der Waals surface area contributed by atoms with E-state index in [9.17, 15) is 0 Å². The molecule has 0 unspecified atom stereocenters. The van der Waals surface area contributed by atoms with E-state index in [1.807, 2.05) is 0 Å². The van der Waals surface area contributed by atoms with Crippen molar-refractivity contribution in [1.82, 2.24) is 4.57 Å². The van der Waals surface area contributed by atoms with Gasteiger partial charge in [0.1, 0.15) is 0 Å². The smallest absolute Gasteiger partial charge is 0.0526 e. The fraction of sp³-hybridized carbons (Fsp3) is 0.143. The number of aryl methyl sites for hydroxylation is 2. The minimum absolute atomic E-state index is 0.912. The molecule has 0 saturated carbocycles. The highest BCUT2D eigenvalue weighted by Crippen LogP contribution is 2.33. The minimum Gasteiger partial charge on any atom is -0.336 e. The first-order valence-corrected chi connectivity index (χ1v) is 7.77.